The van der Waals surface area contributed by atoms with E-state index in [0.29, 0.717) is 10.8 Å². The van der Waals surface area contributed by atoms with Crippen molar-refractivity contribution in [1.29, 1.82) is 0 Å². The summed E-state index contributed by atoms with van der Waals surface area (Å²) in [5, 5.41) is 0.362. The lowest BCUT2D eigenvalue weighted by Crippen LogP contribution is -2.55. The van der Waals surface area contributed by atoms with Gasteiger partial charge in [-0.3, -0.25) is 4.79 Å². The van der Waals surface area contributed by atoms with Crippen molar-refractivity contribution in [1.82, 2.24) is 9.88 Å². The minimum Gasteiger partial charge on any atom is -0.336 e. The number of rotatable bonds is 1. The Morgan fingerprint density at radius 1 is 1.47 bits per heavy atom. The summed E-state index contributed by atoms with van der Waals surface area (Å²) in [5.41, 5.74) is 0.673. The zero-order chi connectivity index (χ0) is 11.1. The molecule has 0 spiro atoms. The summed E-state index contributed by atoms with van der Waals surface area (Å²) in [6.07, 6.45) is 0. The maximum absolute atomic E-state index is 11.9. The maximum atomic E-state index is 11.9. The Hall–Kier alpha value is -1.09. The van der Waals surface area contributed by atoms with Crippen LogP contribution in [0, 0.1) is 5.41 Å². The number of nitrogens with zero attached hydrogens (tertiary/aromatic N) is 2. The zero-order valence-corrected chi connectivity index (χ0v) is 9.58. The van der Waals surface area contributed by atoms with Gasteiger partial charge in [-0.1, -0.05) is 31.5 Å². The van der Waals surface area contributed by atoms with Gasteiger partial charge in [0.25, 0.3) is 5.91 Å². The fraction of sp³-hybridized carbons (Fsp3) is 0.455. The van der Waals surface area contributed by atoms with E-state index in [-0.39, 0.29) is 11.3 Å². The van der Waals surface area contributed by atoms with E-state index in [1.54, 1.807) is 23.1 Å². The summed E-state index contributed by atoms with van der Waals surface area (Å²) in [4.78, 5) is 17.7. The average Bonchev–Trinajstić information content (AvgIpc) is 2.13. The molecule has 1 aliphatic rings. The monoisotopic (exact) mass is 224 g/mol. The third-order valence-electron chi connectivity index (χ3n) is 2.46. The fourth-order valence-electron chi connectivity index (χ4n) is 1.82. The quantitative estimate of drug-likeness (QED) is 0.686. The molecule has 2 heterocycles. The second-order valence-corrected chi connectivity index (χ2v) is 5.06. The molecule has 15 heavy (non-hydrogen) atoms. The summed E-state index contributed by atoms with van der Waals surface area (Å²) in [5.74, 6) is -0.0307. The van der Waals surface area contributed by atoms with Crippen LogP contribution in [0.5, 0.6) is 0 Å². The van der Waals surface area contributed by atoms with Crippen molar-refractivity contribution in [3.63, 3.8) is 0 Å². The second-order valence-electron chi connectivity index (χ2n) is 4.67. The van der Waals surface area contributed by atoms with Crippen molar-refractivity contribution in [3.05, 3.63) is 29.0 Å². The number of amides is 1. The Kier molecular flexibility index (Phi) is 2.43. The van der Waals surface area contributed by atoms with Gasteiger partial charge in [-0.05, 0) is 17.5 Å². The molecule has 0 bridgehead atoms. The van der Waals surface area contributed by atoms with E-state index < -0.39 is 0 Å². The van der Waals surface area contributed by atoms with Gasteiger partial charge in [-0.15, -0.1) is 0 Å². The van der Waals surface area contributed by atoms with Crippen LogP contribution in [-0.4, -0.2) is 28.9 Å². The Bertz CT molecular complexity index is 395. The minimum atomic E-state index is -0.0307. The van der Waals surface area contributed by atoms with Crippen LogP contribution in [0.3, 0.4) is 0 Å². The number of carbonyl (C=O) groups excluding carboxylic acids is 1. The van der Waals surface area contributed by atoms with Gasteiger partial charge < -0.3 is 4.90 Å². The number of pyridine rings is 1. The van der Waals surface area contributed by atoms with Crippen LogP contribution in [0.1, 0.15) is 24.3 Å². The first-order chi connectivity index (χ1) is 6.98. The fourth-order valence-corrected chi connectivity index (χ4v) is 1.98. The SMILES string of the molecule is CC1(C)CN(C(=O)c2cccc(Cl)n2)C1. The summed E-state index contributed by atoms with van der Waals surface area (Å²) in [7, 11) is 0. The van der Waals surface area contributed by atoms with E-state index in [1.165, 1.54) is 0 Å². The van der Waals surface area contributed by atoms with Crippen molar-refractivity contribution in [2.45, 2.75) is 13.8 Å². The average molecular weight is 225 g/mol. The van der Waals surface area contributed by atoms with Crippen LogP contribution in [0.15, 0.2) is 18.2 Å². The van der Waals surface area contributed by atoms with Crippen LogP contribution < -0.4 is 0 Å². The van der Waals surface area contributed by atoms with Crippen LogP contribution in [0.4, 0.5) is 0 Å². The molecule has 80 valence electrons. The molecule has 1 aliphatic heterocycles. The normalized spacial score (nSPS) is 18.5. The molecule has 4 heteroatoms. The van der Waals surface area contributed by atoms with Crippen molar-refractivity contribution < 1.29 is 4.79 Å². The topological polar surface area (TPSA) is 33.2 Å². The van der Waals surface area contributed by atoms with Gasteiger partial charge in [0.05, 0.1) is 0 Å². The predicted octanol–water partition coefficient (Wildman–Crippen LogP) is 2.22. The highest BCUT2D eigenvalue weighted by Crippen LogP contribution is 2.29. The lowest BCUT2D eigenvalue weighted by Gasteiger charge is -2.45. The van der Waals surface area contributed by atoms with Crippen LogP contribution in [0.2, 0.25) is 5.15 Å². The van der Waals surface area contributed by atoms with Gasteiger partial charge in [-0.2, -0.15) is 0 Å². The predicted molar refractivity (Wildman–Crippen MR) is 58.9 cm³/mol. The van der Waals surface area contributed by atoms with E-state index in [0.717, 1.165) is 13.1 Å². The van der Waals surface area contributed by atoms with Gasteiger partial charge in [0, 0.05) is 13.1 Å². The summed E-state index contributed by atoms with van der Waals surface area (Å²) >= 11 is 5.73. The zero-order valence-electron chi connectivity index (χ0n) is 8.83. The Morgan fingerprint density at radius 2 is 2.13 bits per heavy atom. The number of aromatic nitrogens is 1. The van der Waals surface area contributed by atoms with Gasteiger partial charge in [0.2, 0.25) is 0 Å². The summed E-state index contributed by atoms with van der Waals surface area (Å²) in [6.45, 7) is 5.87. The lowest BCUT2D eigenvalue weighted by molar-refractivity contribution is 0.0231. The Morgan fingerprint density at radius 3 is 2.67 bits per heavy atom. The number of hydrogen-bond acceptors (Lipinski definition) is 2. The van der Waals surface area contributed by atoms with Crippen LogP contribution >= 0.6 is 11.6 Å². The van der Waals surface area contributed by atoms with E-state index in [9.17, 15) is 4.79 Å². The molecule has 0 atom stereocenters. The molecule has 1 saturated heterocycles. The third kappa shape index (κ3) is 2.12. The molecule has 0 radical (unpaired) electrons. The van der Waals surface area contributed by atoms with E-state index in [2.05, 4.69) is 18.8 Å². The van der Waals surface area contributed by atoms with Gasteiger partial charge >= 0.3 is 0 Å². The standard InChI is InChI=1S/C11H13ClN2O/c1-11(2)6-14(7-11)10(15)8-4-3-5-9(12)13-8/h3-5H,6-7H2,1-2H3. The van der Waals surface area contributed by atoms with Crippen molar-refractivity contribution in [3.8, 4) is 0 Å². The number of carbonyl (C=O) groups is 1. The minimum absolute atomic E-state index is 0.0307. The number of hydrogen-bond donors (Lipinski definition) is 0. The highest BCUT2D eigenvalue weighted by atomic mass is 35.5. The molecular formula is C11H13ClN2O. The first-order valence-corrected chi connectivity index (χ1v) is 5.28. The smallest absolute Gasteiger partial charge is 0.272 e. The largest absolute Gasteiger partial charge is 0.336 e. The highest BCUT2D eigenvalue weighted by Gasteiger charge is 2.37. The van der Waals surface area contributed by atoms with Gasteiger partial charge in [-0.25, -0.2) is 4.98 Å². The summed E-state index contributed by atoms with van der Waals surface area (Å²) in [6, 6.07) is 5.10. The molecule has 0 aliphatic carbocycles. The van der Waals surface area contributed by atoms with Gasteiger partial charge in [0.15, 0.2) is 0 Å². The first kappa shape index (κ1) is 10.4. The number of halogens is 1. The number of likely N-dealkylation sites (tertiary alicyclic amines) is 1. The molecule has 1 aromatic heterocycles. The Balaban J connectivity index is 2.10. The van der Waals surface area contributed by atoms with E-state index in [4.69, 9.17) is 11.6 Å². The highest BCUT2D eigenvalue weighted by molar-refractivity contribution is 6.29. The van der Waals surface area contributed by atoms with Gasteiger partial charge in [0.1, 0.15) is 10.8 Å². The maximum Gasteiger partial charge on any atom is 0.272 e. The van der Waals surface area contributed by atoms with E-state index in [1.807, 2.05) is 0 Å². The van der Waals surface area contributed by atoms with Crippen LogP contribution in [0.25, 0.3) is 0 Å². The molecule has 0 N–H and O–H groups in total. The Labute approximate surface area is 94.1 Å². The second kappa shape index (κ2) is 3.49. The van der Waals surface area contributed by atoms with E-state index >= 15 is 0 Å². The first-order valence-electron chi connectivity index (χ1n) is 4.90. The van der Waals surface area contributed by atoms with Crippen molar-refractivity contribution in [2.75, 3.05) is 13.1 Å². The lowest BCUT2D eigenvalue weighted by atomic mass is 9.84. The summed E-state index contributed by atoms with van der Waals surface area (Å²) < 4.78 is 0. The molecule has 0 saturated carbocycles. The molecular weight excluding hydrogens is 212 g/mol. The molecule has 3 nitrogen and oxygen atoms in total. The third-order valence-corrected chi connectivity index (χ3v) is 2.67. The van der Waals surface area contributed by atoms with Crippen LogP contribution in [-0.2, 0) is 0 Å². The molecule has 1 aromatic rings. The van der Waals surface area contributed by atoms with Crippen molar-refractivity contribution in [2.24, 2.45) is 5.41 Å². The molecule has 1 amide bonds. The van der Waals surface area contributed by atoms with Crippen molar-refractivity contribution >= 4 is 17.5 Å². The molecule has 1 fully saturated rings. The molecule has 0 unspecified atom stereocenters. The molecule has 0 aromatic carbocycles. The molecule has 2 rings (SSSR count).